The Bertz CT molecular complexity index is 685. The summed E-state index contributed by atoms with van der Waals surface area (Å²) in [6.45, 7) is 3.88. The maximum absolute atomic E-state index is 4.23. The molecule has 1 aromatic heterocycles. The van der Waals surface area contributed by atoms with Gasteiger partial charge in [-0.25, -0.2) is 4.68 Å². The van der Waals surface area contributed by atoms with Crippen LogP contribution in [0.25, 0.3) is 5.69 Å². The summed E-state index contributed by atoms with van der Waals surface area (Å²) in [6, 6.07) is 19.0. The number of rotatable bonds is 5. The van der Waals surface area contributed by atoms with Crippen molar-refractivity contribution < 1.29 is 0 Å². The molecule has 1 N–H and O–H groups in total. The van der Waals surface area contributed by atoms with Crippen molar-refractivity contribution in [3.8, 4) is 5.69 Å². The van der Waals surface area contributed by atoms with Gasteiger partial charge in [0.25, 0.3) is 0 Å². The molecule has 0 aliphatic heterocycles. The summed E-state index contributed by atoms with van der Waals surface area (Å²) in [5, 5.41) is 7.70. The molecule has 0 saturated heterocycles. The third kappa shape index (κ3) is 3.58. The van der Waals surface area contributed by atoms with E-state index in [1.807, 2.05) is 16.9 Å². The van der Waals surface area contributed by atoms with Gasteiger partial charge in [0, 0.05) is 25.5 Å². The second-order valence-electron chi connectivity index (χ2n) is 5.21. The first-order valence-electron chi connectivity index (χ1n) is 7.16. The first kappa shape index (κ1) is 13.6. The Morgan fingerprint density at radius 3 is 2.48 bits per heavy atom. The fraction of sp³-hybridized carbons (Fsp3) is 0.167. The van der Waals surface area contributed by atoms with E-state index in [2.05, 4.69) is 65.9 Å². The molecule has 106 valence electrons. The maximum Gasteiger partial charge on any atom is 0.0645 e. The van der Waals surface area contributed by atoms with Crippen molar-refractivity contribution in [1.29, 1.82) is 0 Å². The third-order valence-corrected chi connectivity index (χ3v) is 3.45. The van der Waals surface area contributed by atoms with E-state index in [9.17, 15) is 0 Å². The van der Waals surface area contributed by atoms with Gasteiger partial charge < -0.3 is 5.32 Å². The number of nitrogens with zero attached hydrogens (tertiary/aromatic N) is 2. The molecule has 0 aliphatic carbocycles. The van der Waals surface area contributed by atoms with Crippen LogP contribution in [-0.4, -0.2) is 9.78 Å². The summed E-state index contributed by atoms with van der Waals surface area (Å²) in [5.74, 6) is 0. The van der Waals surface area contributed by atoms with Gasteiger partial charge in [-0.15, -0.1) is 0 Å². The molecule has 0 amide bonds. The number of aromatic nitrogens is 2. The molecule has 0 radical (unpaired) electrons. The first-order chi connectivity index (χ1) is 10.3. The Kier molecular flexibility index (Phi) is 4.12. The van der Waals surface area contributed by atoms with Crippen LogP contribution < -0.4 is 5.32 Å². The molecule has 0 aliphatic rings. The molecule has 3 aromatic rings. The zero-order valence-electron chi connectivity index (χ0n) is 12.2. The molecule has 1 heterocycles. The SMILES string of the molecule is Cc1cccc(CNCc2ccc(-n3cccn3)cc2)c1. The van der Waals surface area contributed by atoms with Gasteiger partial charge in [0.2, 0.25) is 0 Å². The van der Waals surface area contributed by atoms with E-state index in [0.717, 1.165) is 18.8 Å². The smallest absolute Gasteiger partial charge is 0.0645 e. The zero-order valence-corrected chi connectivity index (χ0v) is 12.2. The highest BCUT2D eigenvalue weighted by atomic mass is 15.3. The van der Waals surface area contributed by atoms with Crippen LogP contribution in [-0.2, 0) is 13.1 Å². The van der Waals surface area contributed by atoms with Crippen LogP contribution in [0.2, 0.25) is 0 Å². The summed E-state index contributed by atoms with van der Waals surface area (Å²) < 4.78 is 1.87. The minimum absolute atomic E-state index is 0.868. The standard InChI is InChI=1S/C18H19N3/c1-15-4-2-5-17(12-15)14-19-13-16-6-8-18(9-7-16)21-11-3-10-20-21/h2-12,19H,13-14H2,1H3. The molecule has 21 heavy (non-hydrogen) atoms. The van der Waals surface area contributed by atoms with E-state index in [1.54, 1.807) is 6.20 Å². The predicted molar refractivity (Wildman–Crippen MR) is 85.3 cm³/mol. The molecule has 0 saturated carbocycles. The van der Waals surface area contributed by atoms with Crippen LogP contribution in [0.4, 0.5) is 0 Å². The van der Waals surface area contributed by atoms with Crippen molar-refractivity contribution in [3.05, 3.63) is 83.7 Å². The van der Waals surface area contributed by atoms with E-state index in [-0.39, 0.29) is 0 Å². The predicted octanol–water partition coefficient (Wildman–Crippen LogP) is 3.47. The molecule has 0 atom stereocenters. The Balaban J connectivity index is 1.56. The quantitative estimate of drug-likeness (QED) is 0.774. The van der Waals surface area contributed by atoms with Crippen molar-refractivity contribution in [2.45, 2.75) is 20.0 Å². The van der Waals surface area contributed by atoms with Gasteiger partial charge in [0.05, 0.1) is 5.69 Å². The van der Waals surface area contributed by atoms with Gasteiger partial charge in [-0.05, 0) is 36.2 Å². The van der Waals surface area contributed by atoms with Crippen LogP contribution >= 0.6 is 0 Å². The average molecular weight is 277 g/mol. The van der Waals surface area contributed by atoms with Crippen molar-refractivity contribution >= 4 is 0 Å². The van der Waals surface area contributed by atoms with Gasteiger partial charge in [-0.3, -0.25) is 0 Å². The zero-order chi connectivity index (χ0) is 14.5. The van der Waals surface area contributed by atoms with Crippen LogP contribution in [0.15, 0.2) is 67.0 Å². The normalized spacial score (nSPS) is 10.7. The fourth-order valence-corrected chi connectivity index (χ4v) is 2.36. The van der Waals surface area contributed by atoms with E-state index in [0.29, 0.717) is 0 Å². The Labute approximate surface area is 125 Å². The lowest BCUT2D eigenvalue weighted by molar-refractivity contribution is 0.692. The lowest BCUT2D eigenvalue weighted by Crippen LogP contribution is -2.12. The topological polar surface area (TPSA) is 29.9 Å². The Morgan fingerprint density at radius 1 is 0.952 bits per heavy atom. The summed E-state index contributed by atoms with van der Waals surface area (Å²) in [6.07, 6.45) is 3.74. The summed E-state index contributed by atoms with van der Waals surface area (Å²) in [7, 11) is 0. The number of nitrogens with one attached hydrogen (secondary N) is 1. The number of hydrogen-bond acceptors (Lipinski definition) is 2. The molecular weight excluding hydrogens is 258 g/mol. The molecule has 2 aromatic carbocycles. The third-order valence-electron chi connectivity index (χ3n) is 3.45. The highest BCUT2D eigenvalue weighted by Crippen LogP contribution is 2.09. The maximum atomic E-state index is 4.23. The van der Waals surface area contributed by atoms with Crippen LogP contribution in [0.5, 0.6) is 0 Å². The Morgan fingerprint density at radius 2 is 1.76 bits per heavy atom. The number of benzene rings is 2. The van der Waals surface area contributed by atoms with Crippen LogP contribution in [0, 0.1) is 6.92 Å². The van der Waals surface area contributed by atoms with Crippen LogP contribution in [0.1, 0.15) is 16.7 Å². The molecule has 0 unspecified atom stereocenters. The largest absolute Gasteiger partial charge is 0.309 e. The minimum Gasteiger partial charge on any atom is -0.309 e. The molecule has 0 fully saturated rings. The summed E-state index contributed by atoms with van der Waals surface area (Å²) in [5.41, 5.74) is 4.99. The van der Waals surface area contributed by atoms with E-state index >= 15 is 0 Å². The number of hydrogen-bond donors (Lipinski definition) is 1. The summed E-state index contributed by atoms with van der Waals surface area (Å²) in [4.78, 5) is 0. The van der Waals surface area contributed by atoms with Crippen molar-refractivity contribution in [1.82, 2.24) is 15.1 Å². The van der Waals surface area contributed by atoms with Gasteiger partial charge in [0.1, 0.15) is 0 Å². The van der Waals surface area contributed by atoms with Crippen molar-refractivity contribution in [2.24, 2.45) is 0 Å². The van der Waals surface area contributed by atoms with Gasteiger partial charge >= 0.3 is 0 Å². The minimum atomic E-state index is 0.868. The molecule has 3 heteroatoms. The van der Waals surface area contributed by atoms with Gasteiger partial charge in [-0.1, -0.05) is 42.0 Å². The molecule has 0 spiro atoms. The molecule has 3 rings (SSSR count). The van der Waals surface area contributed by atoms with E-state index in [1.165, 1.54) is 16.7 Å². The monoisotopic (exact) mass is 277 g/mol. The second-order valence-corrected chi connectivity index (χ2v) is 5.21. The lowest BCUT2D eigenvalue weighted by atomic mass is 10.1. The van der Waals surface area contributed by atoms with Gasteiger partial charge in [0.15, 0.2) is 0 Å². The van der Waals surface area contributed by atoms with Crippen molar-refractivity contribution in [3.63, 3.8) is 0 Å². The summed E-state index contributed by atoms with van der Waals surface area (Å²) >= 11 is 0. The first-order valence-corrected chi connectivity index (χ1v) is 7.16. The van der Waals surface area contributed by atoms with Gasteiger partial charge in [-0.2, -0.15) is 5.10 Å². The highest BCUT2D eigenvalue weighted by molar-refractivity contribution is 5.33. The lowest BCUT2D eigenvalue weighted by Gasteiger charge is -2.07. The Hall–Kier alpha value is -2.39. The van der Waals surface area contributed by atoms with E-state index in [4.69, 9.17) is 0 Å². The van der Waals surface area contributed by atoms with E-state index < -0.39 is 0 Å². The molecular formula is C18H19N3. The molecule has 3 nitrogen and oxygen atoms in total. The fourth-order valence-electron chi connectivity index (χ4n) is 2.36. The van der Waals surface area contributed by atoms with Crippen LogP contribution in [0.3, 0.4) is 0 Å². The number of aryl methyl sites for hydroxylation is 1. The molecule has 0 bridgehead atoms. The second kappa shape index (κ2) is 6.37. The highest BCUT2D eigenvalue weighted by Gasteiger charge is 1.98. The average Bonchev–Trinajstić information content (AvgIpc) is 3.02. The van der Waals surface area contributed by atoms with Crippen molar-refractivity contribution in [2.75, 3.05) is 0 Å².